The molecule has 0 saturated heterocycles. The van der Waals surface area contributed by atoms with E-state index in [1.807, 2.05) is 13.8 Å². The van der Waals surface area contributed by atoms with Crippen LogP contribution in [0.3, 0.4) is 0 Å². The molecule has 0 spiro atoms. The average molecular weight is 261 g/mol. The van der Waals surface area contributed by atoms with Crippen molar-refractivity contribution in [3.05, 3.63) is 0 Å². The predicted molar refractivity (Wildman–Crippen MR) is 72.4 cm³/mol. The van der Waals surface area contributed by atoms with E-state index in [0.29, 0.717) is 0 Å². The second kappa shape index (κ2) is 5.08. The highest BCUT2D eigenvalue weighted by atomic mass is 28.4. The van der Waals surface area contributed by atoms with Gasteiger partial charge in [-0.3, -0.25) is 4.79 Å². The van der Waals surface area contributed by atoms with Gasteiger partial charge < -0.3 is 14.9 Å². The van der Waals surface area contributed by atoms with Gasteiger partial charge in [0.15, 0.2) is 8.32 Å². The fourth-order valence-electron chi connectivity index (χ4n) is 1.28. The van der Waals surface area contributed by atoms with Gasteiger partial charge in [0, 0.05) is 0 Å². The highest BCUT2D eigenvalue weighted by molar-refractivity contribution is 6.74. The van der Waals surface area contributed by atoms with Crippen LogP contribution >= 0.6 is 0 Å². The van der Waals surface area contributed by atoms with Crippen LogP contribution in [-0.4, -0.2) is 33.0 Å². The zero-order valence-electron chi connectivity index (χ0n) is 12.4. The first-order valence-electron chi connectivity index (χ1n) is 5.89. The molecule has 5 heteroatoms. The molecule has 102 valence electrons. The molecule has 0 saturated carbocycles. The third kappa shape index (κ3) is 4.08. The topological polar surface area (TPSA) is 61.5 Å². The van der Waals surface area contributed by atoms with Gasteiger partial charge in [0.05, 0.1) is 12.7 Å². The molecule has 0 heterocycles. The van der Waals surface area contributed by atoms with Crippen molar-refractivity contribution in [1.82, 2.24) is 0 Å². The maximum atomic E-state index is 11.5. The average Bonchev–Trinajstić information content (AvgIpc) is 2.12. The summed E-state index contributed by atoms with van der Waals surface area (Å²) in [6.07, 6.45) is 0. The van der Waals surface area contributed by atoms with Gasteiger partial charge in [0.2, 0.25) is 0 Å². The number of rotatable bonds is 4. The number of hydrogen-bond donors (Lipinski definition) is 1. The van der Waals surface area contributed by atoms with Gasteiger partial charge in [-0.15, -0.1) is 0 Å². The Balaban J connectivity index is 4.93. The highest BCUT2D eigenvalue weighted by Crippen LogP contribution is 2.39. The van der Waals surface area contributed by atoms with Gasteiger partial charge in [-0.25, -0.2) is 0 Å². The monoisotopic (exact) mass is 261 g/mol. The molecule has 0 bridgehead atoms. The van der Waals surface area contributed by atoms with E-state index < -0.39 is 25.9 Å². The number of hydrogen-bond acceptors (Lipinski definition) is 4. The third-order valence-corrected chi connectivity index (χ3v) is 8.18. The van der Waals surface area contributed by atoms with Crippen LogP contribution in [0.25, 0.3) is 0 Å². The van der Waals surface area contributed by atoms with Crippen molar-refractivity contribution < 1.29 is 14.0 Å². The standard InChI is InChI=1S/C12H27NO3Si/c1-11(2,3)17(7,8)16-12(4,5)9(13)10(14)15-6/h9H,13H2,1-8H3/t9-/m1/s1. The first-order chi connectivity index (χ1) is 7.35. The molecule has 0 aliphatic rings. The second-order valence-electron chi connectivity index (χ2n) is 6.47. The zero-order valence-corrected chi connectivity index (χ0v) is 13.4. The lowest BCUT2D eigenvalue weighted by molar-refractivity contribution is -0.147. The Bertz CT molecular complexity index is 282. The molecular weight excluding hydrogens is 234 g/mol. The van der Waals surface area contributed by atoms with Gasteiger partial charge in [-0.1, -0.05) is 20.8 Å². The Hall–Kier alpha value is -0.393. The van der Waals surface area contributed by atoms with Crippen molar-refractivity contribution in [2.45, 2.75) is 64.4 Å². The van der Waals surface area contributed by atoms with Crippen LogP contribution in [0.4, 0.5) is 0 Å². The molecule has 0 aromatic carbocycles. The summed E-state index contributed by atoms with van der Waals surface area (Å²) in [5.41, 5.74) is 5.17. The fraction of sp³-hybridized carbons (Fsp3) is 0.917. The van der Waals surface area contributed by atoms with Crippen molar-refractivity contribution in [3.63, 3.8) is 0 Å². The van der Waals surface area contributed by atoms with Crippen LogP contribution in [0.5, 0.6) is 0 Å². The van der Waals surface area contributed by atoms with Crippen molar-refractivity contribution in [1.29, 1.82) is 0 Å². The first-order valence-corrected chi connectivity index (χ1v) is 8.79. The van der Waals surface area contributed by atoms with Crippen LogP contribution in [0.1, 0.15) is 34.6 Å². The molecule has 0 amide bonds. The largest absolute Gasteiger partial charge is 0.468 e. The quantitative estimate of drug-likeness (QED) is 0.623. The van der Waals surface area contributed by atoms with E-state index in [9.17, 15) is 4.79 Å². The first kappa shape index (κ1) is 16.6. The molecule has 17 heavy (non-hydrogen) atoms. The number of methoxy groups -OCH3 is 1. The number of carbonyl (C=O) groups is 1. The number of nitrogens with two attached hydrogens (primary N) is 1. The lowest BCUT2D eigenvalue weighted by atomic mass is 10.0. The van der Waals surface area contributed by atoms with Crippen LogP contribution in [0.15, 0.2) is 0 Å². The van der Waals surface area contributed by atoms with Crippen molar-refractivity contribution in [3.8, 4) is 0 Å². The molecule has 0 unspecified atom stereocenters. The fourth-order valence-corrected chi connectivity index (χ4v) is 3.03. The van der Waals surface area contributed by atoms with E-state index in [0.717, 1.165) is 0 Å². The van der Waals surface area contributed by atoms with E-state index in [4.69, 9.17) is 10.2 Å². The Labute approximate surface area is 106 Å². The summed E-state index contributed by atoms with van der Waals surface area (Å²) < 4.78 is 10.9. The highest BCUT2D eigenvalue weighted by Gasteiger charge is 2.45. The van der Waals surface area contributed by atoms with E-state index in [2.05, 4.69) is 38.6 Å². The predicted octanol–water partition coefficient (Wildman–Crippen LogP) is 2.29. The summed E-state index contributed by atoms with van der Waals surface area (Å²) in [6, 6.07) is -0.762. The summed E-state index contributed by atoms with van der Waals surface area (Å²) in [5.74, 6) is -0.436. The zero-order chi connectivity index (χ0) is 14.1. The lowest BCUT2D eigenvalue weighted by Crippen LogP contribution is -2.57. The third-order valence-electron chi connectivity index (χ3n) is 3.53. The molecular formula is C12H27NO3Si. The molecule has 0 aromatic rings. The Morgan fingerprint density at radius 1 is 1.18 bits per heavy atom. The Morgan fingerprint density at radius 3 is 1.88 bits per heavy atom. The smallest absolute Gasteiger partial charge is 0.325 e. The molecule has 0 aliphatic carbocycles. The van der Waals surface area contributed by atoms with Crippen LogP contribution in [0, 0.1) is 0 Å². The molecule has 4 nitrogen and oxygen atoms in total. The maximum absolute atomic E-state index is 11.5. The molecule has 0 aromatic heterocycles. The summed E-state index contributed by atoms with van der Waals surface area (Å²) in [6.45, 7) is 14.4. The summed E-state index contributed by atoms with van der Waals surface area (Å²) in [4.78, 5) is 11.5. The van der Waals surface area contributed by atoms with Gasteiger partial charge in [0.25, 0.3) is 0 Å². The molecule has 2 N–H and O–H groups in total. The summed E-state index contributed by atoms with van der Waals surface area (Å²) in [5, 5.41) is 0.0834. The van der Waals surface area contributed by atoms with E-state index in [1.165, 1.54) is 7.11 Å². The minimum Gasteiger partial charge on any atom is -0.468 e. The molecule has 0 aliphatic heterocycles. The summed E-state index contributed by atoms with van der Waals surface area (Å²) >= 11 is 0. The van der Waals surface area contributed by atoms with Crippen LogP contribution < -0.4 is 5.73 Å². The summed E-state index contributed by atoms with van der Waals surface area (Å²) in [7, 11) is -0.612. The van der Waals surface area contributed by atoms with Crippen LogP contribution in [0.2, 0.25) is 18.1 Å². The number of carbonyl (C=O) groups excluding carboxylic acids is 1. The van der Waals surface area contributed by atoms with Gasteiger partial charge in [-0.2, -0.15) is 0 Å². The minimum atomic E-state index is -1.95. The van der Waals surface area contributed by atoms with Crippen molar-refractivity contribution >= 4 is 14.3 Å². The molecule has 0 radical (unpaired) electrons. The molecule has 0 fully saturated rings. The Kier molecular flexibility index (Phi) is 4.96. The van der Waals surface area contributed by atoms with Crippen molar-refractivity contribution in [2.75, 3.05) is 7.11 Å². The second-order valence-corrected chi connectivity index (χ2v) is 11.2. The molecule has 0 rings (SSSR count). The van der Waals surface area contributed by atoms with E-state index in [-0.39, 0.29) is 5.04 Å². The minimum absolute atomic E-state index is 0.0834. The van der Waals surface area contributed by atoms with E-state index >= 15 is 0 Å². The number of ether oxygens (including phenoxy) is 1. The SMILES string of the molecule is COC(=O)[C@@H](N)C(C)(C)O[Si](C)(C)C(C)(C)C. The van der Waals surface area contributed by atoms with Gasteiger partial charge >= 0.3 is 5.97 Å². The molecule has 1 atom stereocenters. The van der Waals surface area contributed by atoms with Crippen molar-refractivity contribution in [2.24, 2.45) is 5.73 Å². The number of esters is 1. The van der Waals surface area contributed by atoms with Gasteiger partial charge in [-0.05, 0) is 32.0 Å². The van der Waals surface area contributed by atoms with Gasteiger partial charge in [0.1, 0.15) is 6.04 Å². The maximum Gasteiger partial charge on any atom is 0.325 e. The van der Waals surface area contributed by atoms with Crippen LogP contribution in [-0.2, 0) is 14.0 Å². The normalized spacial score (nSPS) is 15.6. The Morgan fingerprint density at radius 2 is 1.59 bits per heavy atom. The lowest BCUT2D eigenvalue weighted by Gasteiger charge is -2.44. The van der Waals surface area contributed by atoms with E-state index in [1.54, 1.807) is 0 Å².